The topological polar surface area (TPSA) is 72.8 Å². The number of carbonyl (C=O) groups is 2. The van der Waals surface area contributed by atoms with Crippen molar-refractivity contribution in [1.82, 2.24) is 0 Å². The van der Waals surface area contributed by atoms with Crippen molar-refractivity contribution < 1.29 is 59.3 Å². The van der Waals surface area contributed by atoms with Crippen LogP contribution in [0.5, 0.6) is 0 Å². The minimum atomic E-state index is -4.59. The lowest BCUT2D eigenvalue weighted by Gasteiger charge is -2.20. The fourth-order valence-electron chi connectivity index (χ4n) is 1.10. The molecule has 0 bridgehead atoms. The first kappa shape index (κ1) is 27.3. The molecule has 0 aromatic heterocycles. The van der Waals surface area contributed by atoms with Crippen LogP contribution in [0, 0.1) is 0 Å². The van der Waals surface area contributed by atoms with Gasteiger partial charge in [0.1, 0.15) is 6.10 Å². The van der Waals surface area contributed by atoms with E-state index in [1.165, 1.54) is 13.8 Å². The average molecular weight is 418 g/mol. The van der Waals surface area contributed by atoms with Gasteiger partial charge in [-0.25, -0.2) is 22.4 Å². The molecule has 0 spiro atoms. The number of halogens is 8. The predicted molar refractivity (Wildman–Crippen MR) is 74.9 cm³/mol. The number of esters is 2. The Morgan fingerprint density at radius 3 is 1.81 bits per heavy atom. The van der Waals surface area contributed by atoms with Crippen LogP contribution in [0.15, 0.2) is 12.2 Å². The van der Waals surface area contributed by atoms with Gasteiger partial charge in [0.2, 0.25) is 0 Å². The smallest absolute Gasteiger partial charge is 0.333 e. The number of hydrogen-bond donors (Lipinski definition) is 1. The lowest BCUT2D eigenvalue weighted by atomic mass is 10.1. The van der Waals surface area contributed by atoms with Crippen LogP contribution in [0.25, 0.3) is 0 Å². The molecule has 0 aliphatic rings. The van der Waals surface area contributed by atoms with E-state index >= 15 is 0 Å². The third kappa shape index (κ3) is 11.4. The second-order valence-corrected chi connectivity index (χ2v) is 4.56. The summed E-state index contributed by atoms with van der Waals surface area (Å²) in [7, 11) is 0. The van der Waals surface area contributed by atoms with Gasteiger partial charge in [0.05, 0.1) is 19.6 Å². The molecule has 0 fully saturated rings. The maximum Gasteiger partial charge on any atom is 0.333 e. The SMILES string of the molecule is CCOC(=O)/C=C/C(F)(F)C(F)F.CCOC(=O)CC(O)C(F)(F)C(F)F. The molecule has 0 aliphatic carbocycles. The van der Waals surface area contributed by atoms with E-state index in [0.717, 1.165) is 0 Å². The number of hydrogen-bond acceptors (Lipinski definition) is 5. The van der Waals surface area contributed by atoms with E-state index in [-0.39, 0.29) is 25.4 Å². The molecule has 0 amide bonds. The minimum Gasteiger partial charge on any atom is -0.466 e. The van der Waals surface area contributed by atoms with Crippen molar-refractivity contribution in [3.63, 3.8) is 0 Å². The zero-order valence-electron chi connectivity index (χ0n) is 14.1. The Kier molecular flexibility index (Phi) is 12.6. The van der Waals surface area contributed by atoms with E-state index in [0.29, 0.717) is 0 Å². The van der Waals surface area contributed by atoms with Crippen LogP contribution >= 0.6 is 0 Å². The largest absolute Gasteiger partial charge is 0.466 e. The Labute approximate surface area is 148 Å². The molecule has 0 saturated carbocycles. The van der Waals surface area contributed by atoms with Crippen LogP contribution in [0.2, 0.25) is 0 Å². The molecule has 0 aromatic carbocycles. The normalized spacial score (nSPS) is 13.4. The molecule has 1 unspecified atom stereocenters. The minimum absolute atomic E-state index is 0.00340. The van der Waals surface area contributed by atoms with Crippen molar-refractivity contribution in [2.45, 2.75) is 51.1 Å². The number of rotatable bonds is 9. The predicted octanol–water partition coefficient (Wildman–Crippen LogP) is 3.21. The van der Waals surface area contributed by atoms with Crippen molar-refractivity contribution in [3.8, 4) is 0 Å². The second-order valence-electron chi connectivity index (χ2n) is 4.56. The van der Waals surface area contributed by atoms with Gasteiger partial charge in [0.15, 0.2) is 0 Å². The fraction of sp³-hybridized carbons (Fsp3) is 0.714. The zero-order valence-corrected chi connectivity index (χ0v) is 14.1. The van der Waals surface area contributed by atoms with Gasteiger partial charge in [-0.15, -0.1) is 0 Å². The summed E-state index contributed by atoms with van der Waals surface area (Å²) in [5, 5.41) is 8.61. The van der Waals surface area contributed by atoms with Crippen LogP contribution < -0.4 is 0 Å². The Morgan fingerprint density at radius 2 is 1.44 bits per heavy atom. The molecule has 160 valence electrons. The molecule has 27 heavy (non-hydrogen) atoms. The molecule has 0 heterocycles. The van der Waals surface area contributed by atoms with Crippen LogP contribution in [0.4, 0.5) is 35.1 Å². The summed E-state index contributed by atoms with van der Waals surface area (Å²) >= 11 is 0. The van der Waals surface area contributed by atoms with Crippen LogP contribution in [-0.2, 0) is 19.1 Å². The van der Waals surface area contributed by atoms with Crippen molar-refractivity contribution in [2.75, 3.05) is 13.2 Å². The number of aliphatic hydroxyl groups excluding tert-OH is 1. The third-order valence-corrected chi connectivity index (χ3v) is 2.42. The van der Waals surface area contributed by atoms with E-state index < -0.39 is 49.2 Å². The van der Waals surface area contributed by atoms with Crippen LogP contribution in [0.1, 0.15) is 20.3 Å². The highest BCUT2D eigenvalue weighted by atomic mass is 19.3. The fourth-order valence-corrected chi connectivity index (χ4v) is 1.10. The van der Waals surface area contributed by atoms with Gasteiger partial charge >= 0.3 is 36.6 Å². The Balaban J connectivity index is 0. The first-order valence-electron chi connectivity index (χ1n) is 7.23. The lowest BCUT2D eigenvalue weighted by molar-refractivity contribution is -0.197. The quantitative estimate of drug-likeness (QED) is 0.354. The van der Waals surface area contributed by atoms with Crippen molar-refractivity contribution in [1.29, 1.82) is 0 Å². The number of alkyl halides is 8. The van der Waals surface area contributed by atoms with E-state index in [1.807, 2.05) is 0 Å². The third-order valence-electron chi connectivity index (χ3n) is 2.42. The molecule has 0 radical (unpaired) electrons. The molecule has 1 atom stereocenters. The summed E-state index contributed by atoms with van der Waals surface area (Å²) in [6.45, 7) is 2.84. The number of aliphatic hydroxyl groups is 1. The maximum absolute atomic E-state index is 12.3. The number of ether oxygens (including phenoxy) is 2. The lowest BCUT2D eigenvalue weighted by Crippen LogP contribution is -2.41. The van der Waals surface area contributed by atoms with Crippen molar-refractivity contribution in [3.05, 3.63) is 12.2 Å². The van der Waals surface area contributed by atoms with E-state index in [2.05, 4.69) is 9.47 Å². The molecular weight excluding hydrogens is 400 g/mol. The monoisotopic (exact) mass is 418 g/mol. The summed E-state index contributed by atoms with van der Waals surface area (Å²) < 4.78 is 104. The summed E-state index contributed by atoms with van der Waals surface area (Å²) in [5.74, 6) is -11.1. The van der Waals surface area contributed by atoms with E-state index in [9.17, 15) is 44.7 Å². The first-order valence-corrected chi connectivity index (χ1v) is 7.23. The molecule has 0 aromatic rings. The van der Waals surface area contributed by atoms with E-state index in [1.54, 1.807) is 0 Å². The Hall–Kier alpha value is -1.92. The van der Waals surface area contributed by atoms with Crippen molar-refractivity contribution in [2.24, 2.45) is 0 Å². The number of allylic oxidation sites excluding steroid dienone is 1. The summed E-state index contributed by atoms with van der Waals surface area (Å²) in [5.41, 5.74) is 0. The molecule has 5 nitrogen and oxygen atoms in total. The summed E-state index contributed by atoms with van der Waals surface area (Å²) in [6.07, 6.45) is -11.6. The van der Waals surface area contributed by atoms with Gasteiger partial charge in [-0.3, -0.25) is 4.79 Å². The molecule has 0 saturated heterocycles. The molecule has 1 N–H and O–H groups in total. The highest BCUT2D eigenvalue weighted by molar-refractivity contribution is 5.82. The average Bonchev–Trinajstić information content (AvgIpc) is 2.53. The molecular formula is C14H18F8O5. The first-order chi connectivity index (χ1) is 12.2. The van der Waals surface area contributed by atoms with Gasteiger partial charge in [0.25, 0.3) is 0 Å². The highest BCUT2D eigenvalue weighted by Gasteiger charge is 2.48. The van der Waals surface area contributed by atoms with Crippen molar-refractivity contribution >= 4 is 11.9 Å². The van der Waals surface area contributed by atoms with E-state index in [4.69, 9.17) is 5.11 Å². The van der Waals surface area contributed by atoms with Crippen LogP contribution in [-0.4, -0.2) is 61.1 Å². The van der Waals surface area contributed by atoms with Gasteiger partial charge in [-0.2, -0.15) is 17.6 Å². The highest BCUT2D eigenvalue weighted by Crippen LogP contribution is 2.28. The summed E-state index contributed by atoms with van der Waals surface area (Å²) in [4.78, 5) is 21.0. The maximum atomic E-state index is 12.3. The second kappa shape index (κ2) is 12.5. The standard InChI is InChI=1S/C7H10F4O3.C7H8F4O2/c1-2-14-5(13)3-4(12)7(10,11)6(8)9;1-2-13-5(12)3-4-7(10,11)6(8)9/h4,6,12H,2-3H2,1H3;3-4,6H,2H2,1H3/b;4-3+. The molecule has 13 heteroatoms. The summed E-state index contributed by atoms with van der Waals surface area (Å²) in [6, 6.07) is 0. The van der Waals surface area contributed by atoms with Gasteiger partial charge in [-0.05, 0) is 19.9 Å². The van der Waals surface area contributed by atoms with Gasteiger partial charge in [0, 0.05) is 6.08 Å². The Morgan fingerprint density at radius 1 is 0.963 bits per heavy atom. The van der Waals surface area contributed by atoms with Gasteiger partial charge in [-0.1, -0.05) is 0 Å². The molecule has 0 aliphatic heterocycles. The van der Waals surface area contributed by atoms with Crippen LogP contribution in [0.3, 0.4) is 0 Å². The zero-order chi connectivity index (χ0) is 21.8. The number of carbonyl (C=O) groups excluding carboxylic acids is 2. The molecule has 0 rings (SSSR count). The van der Waals surface area contributed by atoms with Gasteiger partial charge < -0.3 is 14.6 Å². The Bertz CT molecular complexity index is 482.